The smallest absolute Gasteiger partial charge is 0.0107 e. The Bertz CT molecular complexity index is 92.1. The maximum atomic E-state index is 4.13. The molecule has 0 radical (unpaired) electrons. The minimum atomic E-state index is 0.944. The molecule has 1 aliphatic rings. The van der Waals surface area contributed by atoms with Gasteiger partial charge in [0.2, 0.25) is 0 Å². The molecule has 2 nitrogen and oxygen atoms in total. The summed E-state index contributed by atoms with van der Waals surface area (Å²) in [6, 6.07) is 0. The van der Waals surface area contributed by atoms with Crippen molar-refractivity contribution < 1.29 is 0 Å². The van der Waals surface area contributed by atoms with Gasteiger partial charge in [-0.15, -0.1) is 0 Å². The van der Waals surface area contributed by atoms with Crippen LogP contribution in [0.4, 0.5) is 0 Å². The van der Waals surface area contributed by atoms with Crippen LogP contribution in [0.3, 0.4) is 0 Å². The monoisotopic (exact) mass is 174 g/mol. The molecule has 11 heavy (non-hydrogen) atoms. The molecule has 0 spiro atoms. The van der Waals surface area contributed by atoms with Crippen LogP contribution in [0.25, 0.3) is 0 Å². The third-order valence-corrected chi connectivity index (χ3v) is 2.32. The van der Waals surface area contributed by atoms with Crippen LogP contribution in [0.1, 0.15) is 12.8 Å². The molecule has 1 rings (SSSR count). The van der Waals surface area contributed by atoms with Gasteiger partial charge >= 0.3 is 0 Å². The zero-order chi connectivity index (χ0) is 7.94. The molecule has 1 saturated heterocycles. The molecule has 1 fully saturated rings. The Labute approximate surface area is 74.8 Å². The Hall–Kier alpha value is 0.270. The SMILES string of the molecule is SCCNCCN1CCCC1. The van der Waals surface area contributed by atoms with Gasteiger partial charge in [0.25, 0.3) is 0 Å². The minimum Gasteiger partial charge on any atom is -0.315 e. The fourth-order valence-corrected chi connectivity index (χ4v) is 1.61. The van der Waals surface area contributed by atoms with Crippen LogP contribution in [0.15, 0.2) is 0 Å². The van der Waals surface area contributed by atoms with Crippen LogP contribution >= 0.6 is 12.6 Å². The zero-order valence-corrected chi connectivity index (χ0v) is 7.95. The van der Waals surface area contributed by atoms with Crippen molar-refractivity contribution in [3.8, 4) is 0 Å². The van der Waals surface area contributed by atoms with Gasteiger partial charge < -0.3 is 10.2 Å². The van der Waals surface area contributed by atoms with Crippen molar-refractivity contribution in [2.45, 2.75) is 12.8 Å². The first-order valence-electron chi connectivity index (χ1n) is 4.47. The Morgan fingerprint density at radius 3 is 2.55 bits per heavy atom. The molecule has 1 N–H and O–H groups in total. The lowest BCUT2D eigenvalue weighted by Crippen LogP contribution is -2.30. The average molecular weight is 174 g/mol. The molecular weight excluding hydrogens is 156 g/mol. The molecule has 0 aromatic carbocycles. The highest BCUT2D eigenvalue weighted by atomic mass is 32.1. The number of nitrogens with zero attached hydrogens (tertiary/aromatic N) is 1. The van der Waals surface area contributed by atoms with E-state index in [9.17, 15) is 0 Å². The molecule has 1 heterocycles. The van der Waals surface area contributed by atoms with Gasteiger partial charge in [-0.3, -0.25) is 0 Å². The number of thiol groups is 1. The predicted octanol–water partition coefficient (Wildman–Crippen LogP) is 0.602. The first-order valence-corrected chi connectivity index (χ1v) is 5.10. The Morgan fingerprint density at radius 2 is 1.91 bits per heavy atom. The molecule has 0 unspecified atom stereocenters. The normalized spacial score (nSPS) is 19.4. The second-order valence-electron chi connectivity index (χ2n) is 3.02. The van der Waals surface area contributed by atoms with E-state index in [1.807, 2.05) is 0 Å². The van der Waals surface area contributed by atoms with Crippen LogP contribution in [0, 0.1) is 0 Å². The molecule has 66 valence electrons. The Balaban J connectivity index is 1.86. The van der Waals surface area contributed by atoms with E-state index >= 15 is 0 Å². The fourth-order valence-electron chi connectivity index (χ4n) is 1.45. The standard InChI is InChI=1S/C8H18N2S/c11-8-4-9-3-7-10-5-1-2-6-10/h9,11H,1-8H2. The van der Waals surface area contributed by atoms with Crippen LogP contribution < -0.4 is 5.32 Å². The van der Waals surface area contributed by atoms with Crippen molar-refractivity contribution in [2.24, 2.45) is 0 Å². The largest absolute Gasteiger partial charge is 0.315 e. The number of hydrogen-bond acceptors (Lipinski definition) is 3. The van der Waals surface area contributed by atoms with Crippen molar-refractivity contribution in [1.29, 1.82) is 0 Å². The molecule has 0 bridgehead atoms. The van der Waals surface area contributed by atoms with Crippen molar-refractivity contribution in [3.05, 3.63) is 0 Å². The summed E-state index contributed by atoms with van der Waals surface area (Å²) < 4.78 is 0. The van der Waals surface area contributed by atoms with Gasteiger partial charge in [0.05, 0.1) is 0 Å². The second kappa shape index (κ2) is 5.86. The van der Waals surface area contributed by atoms with Gasteiger partial charge in [-0.1, -0.05) is 0 Å². The summed E-state index contributed by atoms with van der Waals surface area (Å²) in [5.74, 6) is 0.944. The summed E-state index contributed by atoms with van der Waals surface area (Å²) >= 11 is 4.13. The third-order valence-electron chi connectivity index (χ3n) is 2.09. The average Bonchev–Trinajstić information content (AvgIpc) is 2.50. The molecule has 1 aliphatic heterocycles. The second-order valence-corrected chi connectivity index (χ2v) is 3.47. The zero-order valence-electron chi connectivity index (χ0n) is 7.05. The predicted molar refractivity (Wildman–Crippen MR) is 52.4 cm³/mol. The summed E-state index contributed by atoms with van der Waals surface area (Å²) in [6.07, 6.45) is 2.79. The van der Waals surface area contributed by atoms with Gasteiger partial charge in [-0.05, 0) is 25.9 Å². The molecule has 0 aliphatic carbocycles. The summed E-state index contributed by atoms with van der Waals surface area (Å²) in [7, 11) is 0. The summed E-state index contributed by atoms with van der Waals surface area (Å²) in [4.78, 5) is 2.52. The fraction of sp³-hybridized carbons (Fsp3) is 1.00. The summed E-state index contributed by atoms with van der Waals surface area (Å²) in [5, 5.41) is 3.34. The lowest BCUT2D eigenvalue weighted by Gasteiger charge is -2.14. The first-order chi connectivity index (χ1) is 5.43. The van der Waals surface area contributed by atoms with Gasteiger partial charge in [-0.25, -0.2) is 0 Å². The van der Waals surface area contributed by atoms with E-state index in [0.717, 1.165) is 18.8 Å². The highest BCUT2D eigenvalue weighted by Crippen LogP contribution is 2.05. The van der Waals surface area contributed by atoms with Gasteiger partial charge in [-0.2, -0.15) is 12.6 Å². The van der Waals surface area contributed by atoms with E-state index in [1.54, 1.807) is 0 Å². The van der Waals surface area contributed by atoms with E-state index in [4.69, 9.17) is 0 Å². The molecule has 0 aromatic heterocycles. The van der Waals surface area contributed by atoms with E-state index in [0.29, 0.717) is 0 Å². The first kappa shape index (κ1) is 9.36. The molecule has 0 atom stereocenters. The van der Waals surface area contributed by atoms with Crippen LogP contribution in [-0.4, -0.2) is 43.4 Å². The van der Waals surface area contributed by atoms with Crippen molar-refractivity contribution in [3.63, 3.8) is 0 Å². The number of rotatable bonds is 5. The molecule has 0 saturated carbocycles. The van der Waals surface area contributed by atoms with Gasteiger partial charge in [0.15, 0.2) is 0 Å². The van der Waals surface area contributed by atoms with Crippen LogP contribution in [0.5, 0.6) is 0 Å². The minimum absolute atomic E-state index is 0.944. The number of hydrogen-bond donors (Lipinski definition) is 2. The van der Waals surface area contributed by atoms with Crippen LogP contribution in [-0.2, 0) is 0 Å². The molecule has 0 aromatic rings. The van der Waals surface area contributed by atoms with E-state index in [2.05, 4.69) is 22.8 Å². The van der Waals surface area contributed by atoms with Crippen LogP contribution in [0.2, 0.25) is 0 Å². The molecule has 0 amide bonds. The summed E-state index contributed by atoms with van der Waals surface area (Å²) in [6.45, 7) is 6.00. The topological polar surface area (TPSA) is 15.3 Å². The van der Waals surface area contributed by atoms with Crippen molar-refractivity contribution in [1.82, 2.24) is 10.2 Å². The number of likely N-dealkylation sites (tertiary alicyclic amines) is 1. The highest BCUT2D eigenvalue weighted by molar-refractivity contribution is 7.80. The van der Waals surface area contributed by atoms with Gasteiger partial charge in [0.1, 0.15) is 0 Å². The maximum absolute atomic E-state index is 4.13. The molecular formula is C8H18N2S. The lowest BCUT2D eigenvalue weighted by atomic mass is 10.4. The van der Waals surface area contributed by atoms with E-state index < -0.39 is 0 Å². The quantitative estimate of drug-likeness (QED) is 0.469. The molecule has 3 heteroatoms. The number of nitrogens with one attached hydrogen (secondary N) is 1. The van der Waals surface area contributed by atoms with Gasteiger partial charge in [0, 0.05) is 25.4 Å². The Morgan fingerprint density at radius 1 is 1.18 bits per heavy atom. The van der Waals surface area contributed by atoms with Crippen molar-refractivity contribution in [2.75, 3.05) is 38.5 Å². The summed E-state index contributed by atoms with van der Waals surface area (Å²) in [5.41, 5.74) is 0. The third kappa shape index (κ3) is 3.99. The maximum Gasteiger partial charge on any atom is 0.0107 e. The Kier molecular flexibility index (Phi) is 4.99. The van der Waals surface area contributed by atoms with E-state index in [-0.39, 0.29) is 0 Å². The highest BCUT2D eigenvalue weighted by Gasteiger charge is 2.09. The van der Waals surface area contributed by atoms with E-state index in [1.165, 1.54) is 32.5 Å². The lowest BCUT2D eigenvalue weighted by molar-refractivity contribution is 0.337. The van der Waals surface area contributed by atoms with Crippen molar-refractivity contribution >= 4 is 12.6 Å².